The standard InChI is InChI=1S/C14H17FN4O2S2/c1-9(12(20)17-11-5-3-4-10(15)8-11)22-14-19-18-13(23-14)16-6-7-21-2/h3-5,8-9H,6-7H2,1-2H3,(H,16,18)(H,17,20)/t9-/m1/s1. The van der Waals surface area contributed by atoms with E-state index in [4.69, 9.17) is 4.74 Å². The molecule has 6 nitrogen and oxygen atoms in total. The van der Waals surface area contributed by atoms with Crippen molar-refractivity contribution in [1.29, 1.82) is 0 Å². The summed E-state index contributed by atoms with van der Waals surface area (Å²) in [7, 11) is 1.63. The number of carbonyl (C=O) groups is 1. The lowest BCUT2D eigenvalue weighted by Crippen LogP contribution is -2.22. The topological polar surface area (TPSA) is 76.1 Å². The molecule has 2 rings (SSSR count). The Labute approximate surface area is 141 Å². The first kappa shape index (κ1) is 17.6. The molecule has 1 heterocycles. The number of benzene rings is 1. The lowest BCUT2D eigenvalue weighted by Gasteiger charge is -2.10. The molecule has 0 saturated heterocycles. The van der Waals surface area contributed by atoms with Crippen LogP contribution in [0.1, 0.15) is 6.92 Å². The SMILES string of the molecule is COCCNc1nnc(S[C@H](C)C(=O)Nc2cccc(F)c2)s1. The van der Waals surface area contributed by atoms with E-state index in [1.807, 2.05) is 0 Å². The number of hydrogen-bond acceptors (Lipinski definition) is 7. The Bertz CT molecular complexity index is 653. The van der Waals surface area contributed by atoms with Crippen molar-refractivity contribution in [3.05, 3.63) is 30.1 Å². The summed E-state index contributed by atoms with van der Waals surface area (Å²) >= 11 is 2.67. The molecule has 0 radical (unpaired) electrons. The Balaban J connectivity index is 1.85. The van der Waals surface area contributed by atoms with E-state index in [1.54, 1.807) is 26.2 Å². The highest BCUT2D eigenvalue weighted by molar-refractivity contribution is 8.02. The number of carbonyl (C=O) groups excluding carboxylic acids is 1. The van der Waals surface area contributed by atoms with Crippen molar-refractivity contribution in [3.63, 3.8) is 0 Å². The number of aromatic nitrogens is 2. The maximum Gasteiger partial charge on any atom is 0.237 e. The van der Waals surface area contributed by atoms with Gasteiger partial charge >= 0.3 is 0 Å². The van der Waals surface area contributed by atoms with Crippen LogP contribution in [0.5, 0.6) is 0 Å². The molecule has 1 aromatic heterocycles. The average Bonchev–Trinajstić information content (AvgIpc) is 2.95. The number of nitrogens with one attached hydrogen (secondary N) is 2. The summed E-state index contributed by atoms with van der Waals surface area (Å²) in [5.41, 5.74) is 0.432. The Kier molecular flexibility index (Phi) is 6.75. The van der Waals surface area contributed by atoms with Crippen molar-refractivity contribution in [1.82, 2.24) is 10.2 Å². The second-order valence-electron chi connectivity index (χ2n) is 4.55. The van der Waals surface area contributed by atoms with Crippen molar-refractivity contribution in [2.75, 3.05) is 30.9 Å². The van der Waals surface area contributed by atoms with Gasteiger partial charge in [0.05, 0.1) is 11.9 Å². The summed E-state index contributed by atoms with van der Waals surface area (Å²) in [5, 5.41) is 14.1. The van der Waals surface area contributed by atoms with Gasteiger partial charge in [0.15, 0.2) is 4.34 Å². The molecule has 1 amide bonds. The maximum atomic E-state index is 13.1. The van der Waals surface area contributed by atoms with Gasteiger partial charge in [0, 0.05) is 19.3 Å². The zero-order valence-corrected chi connectivity index (χ0v) is 14.3. The molecule has 1 atom stereocenters. The van der Waals surface area contributed by atoms with Crippen LogP contribution in [0.2, 0.25) is 0 Å². The molecule has 0 fully saturated rings. The van der Waals surface area contributed by atoms with Gasteiger partial charge in [-0.25, -0.2) is 4.39 Å². The molecule has 23 heavy (non-hydrogen) atoms. The van der Waals surface area contributed by atoms with Crippen molar-refractivity contribution in [2.24, 2.45) is 0 Å². The fourth-order valence-electron chi connectivity index (χ4n) is 1.60. The number of methoxy groups -OCH3 is 1. The largest absolute Gasteiger partial charge is 0.383 e. The predicted octanol–water partition coefficient (Wildman–Crippen LogP) is 2.85. The van der Waals surface area contributed by atoms with Crippen LogP contribution in [0, 0.1) is 5.82 Å². The number of anilines is 2. The van der Waals surface area contributed by atoms with Gasteiger partial charge in [-0.1, -0.05) is 29.2 Å². The predicted molar refractivity (Wildman–Crippen MR) is 90.6 cm³/mol. The number of hydrogen-bond donors (Lipinski definition) is 2. The third-order valence-electron chi connectivity index (χ3n) is 2.73. The molecule has 124 valence electrons. The molecule has 0 aliphatic heterocycles. The number of ether oxygens (including phenoxy) is 1. The van der Waals surface area contributed by atoms with E-state index in [9.17, 15) is 9.18 Å². The first-order valence-electron chi connectivity index (χ1n) is 6.88. The molecule has 0 saturated carbocycles. The summed E-state index contributed by atoms with van der Waals surface area (Å²) in [6, 6.07) is 5.79. The van der Waals surface area contributed by atoms with Gasteiger partial charge in [0.2, 0.25) is 11.0 Å². The molecule has 9 heteroatoms. The fraction of sp³-hybridized carbons (Fsp3) is 0.357. The fourth-order valence-corrected chi connectivity index (χ4v) is 3.53. The van der Waals surface area contributed by atoms with E-state index in [1.165, 1.54) is 35.2 Å². The molecule has 1 aromatic carbocycles. The molecular formula is C14H17FN4O2S2. The van der Waals surface area contributed by atoms with Gasteiger partial charge in [-0.15, -0.1) is 10.2 Å². The number of rotatable bonds is 8. The minimum absolute atomic E-state index is 0.218. The number of nitrogens with zero attached hydrogens (tertiary/aromatic N) is 2. The van der Waals surface area contributed by atoms with Crippen LogP contribution < -0.4 is 10.6 Å². The maximum absolute atomic E-state index is 13.1. The molecule has 2 N–H and O–H groups in total. The minimum Gasteiger partial charge on any atom is -0.383 e. The van der Waals surface area contributed by atoms with Gasteiger partial charge < -0.3 is 15.4 Å². The highest BCUT2D eigenvalue weighted by atomic mass is 32.2. The van der Waals surface area contributed by atoms with Crippen LogP contribution in [0.3, 0.4) is 0 Å². The van der Waals surface area contributed by atoms with Crippen LogP contribution in [-0.4, -0.2) is 41.6 Å². The second-order valence-corrected chi connectivity index (χ2v) is 7.12. The van der Waals surface area contributed by atoms with Crippen LogP contribution >= 0.6 is 23.1 Å². The van der Waals surface area contributed by atoms with Crippen molar-refractivity contribution in [2.45, 2.75) is 16.5 Å². The van der Waals surface area contributed by atoms with E-state index in [-0.39, 0.29) is 17.0 Å². The number of thioether (sulfide) groups is 1. The van der Waals surface area contributed by atoms with Crippen molar-refractivity contribution < 1.29 is 13.9 Å². The van der Waals surface area contributed by atoms with E-state index >= 15 is 0 Å². The number of amides is 1. The third kappa shape index (κ3) is 5.77. The van der Waals surface area contributed by atoms with E-state index in [0.29, 0.717) is 28.3 Å². The second kappa shape index (κ2) is 8.80. The molecule has 0 bridgehead atoms. The zero-order valence-electron chi connectivity index (χ0n) is 12.7. The lowest BCUT2D eigenvalue weighted by atomic mass is 10.3. The summed E-state index contributed by atoms with van der Waals surface area (Å²) < 4.78 is 18.7. The summed E-state index contributed by atoms with van der Waals surface area (Å²) in [6.07, 6.45) is 0. The average molecular weight is 356 g/mol. The van der Waals surface area contributed by atoms with Gasteiger partial charge in [-0.05, 0) is 25.1 Å². The van der Waals surface area contributed by atoms with E-state index in [0.717, 1.165) is 0 Å². The zero-order chi connectivity index (χ0) is 16.7. The Morgan fingerprint density at radius 2 is 2.30 bits per heavy atom. The molecule has 0 unspecified atom stereocenters. The van der Waals surface area contributed by atoms with Gasteiger partial charge in [0.1, 0.15) is 5.82 Å². The molecule has 0 spiro atoms. The Morgan fingerprint density at radius 1 is 1.48 bits per heavy atom. The first-order valence-corrected chi connectivity index (χ1v) is 8.57. The summed E-state index contributed by atoms with van der Waals surface area (Å²) in [6.45, 7) is 2.98. The molecule has 2 aromatic rings. The molecular weight excluding hydrogens is 339 g/mol. The van der Waals surface area contributed by atoms with Crippen molar-refractivity contribution >= 4 is 39.8 Å². The van der Waals surface area contributed by atoms with Crippen LogP contribution in [0.15, 0.2) is 28.6 Å². The van der Waals surface area contributed by atoms with E-state index < -0.39 is 0 Å². The third-order valence-corrected chi connectivity index (χ3v) is 4.79. The van der Waals surface area contributed by atoms with Gasteiger partial charge in [-0.2, -0.15) is 0 Å². The van der Waals surface area contributed by atoms with Gasteiger partial charge in [0.25, 0.3) is 0 Å². The molecule has 0 aliphatic carbocycles. The summed E-state index contributed by atoms with van der Waals surface area (Å²) in [4.78, 5) is 12.1. The minimum atomic E-state index is -0.390. The number of halogens is 1. The van der Waals surface area contributed by atoms with Crippen molar-refractivity contribution in [3.8, 4) is 0 Å². The molecule has 0 aliphatic rings. The summed E-state index contributed by atoms with van der Waals surface area (Å²) in [5.74, 6) is -0.608. The van der Waals surface area contributed by atoms with Crippen LogP contribution in [-0.2, 0) is 9.53 Å². The van der Waals surface area contributed by atoms with Gasteiger partial charge in [-0.3, -0.25) is 4.79 Å². The van der Waals surface area contributed by atoms with Crippen LogP contribution in [0.25, 0.3) is 0 Å². The highest BCUT2D eigenvalue weighted by Crippen LogP contribution is 2.29. The lowest BCUT2D eigenvalue weighted by molar-refractivity contribution is -0.115. The Morgan fingerprint density at radius 3 is 3.04 bits per heavy atom. The smallest absolute Gasteiger partial charge is 0.237 e. The first-order chi connectivity index (χ1) is 11.1. The monoisotopic (exact) mass is 356 g/mol. The Hall–Kier alpha value is -1.71. The normalized spacial score (nSPS) is 12.0. The van der Waals surface area contributed by atoms with E-state index in [2.05, 4.69) is 20.8 Å². The quantitative estimate of drug-likeness (QED) is 0.559. The highest BCUT2D eigenvalue weighted by Gasteiger charge is 2.17. The van der Waals surface area contributed by atoms with Crippen LogP contribution in [0.4, 0.5) is 15.2 Å².